The van der Waals surface area contributed by atoms with Crippen LogP contribution in [-0.2, 0) is 9.59 Å². The molecule has 0 saturated heterocycles. The number of rotatable bonds is 0. The van der Waals surface area contributed by atoms with Crippen molar-refractivity contribution in [1.82, 2.24) is 12.3 Å². The van der Waals surface area contributed by atoms with Crippen molar-refractivity contribution >= 4 is 11.9 Å². The summed E-state index contributed by atoms with van der Waals surface area (Å²) >= 11 is 0. The Labute approximate surface area is 108 Å². The zero-order valence-electron chi connectivity index (χ0n) is 11.4. The minimum atomic E-state index is -0.833. The molecule has 0 saturated carbocycles. The third-order valence-corrected chi connectivity index (χ3v) is 1.17. The van der Waals surface area contributed by atoms with E-state index >= 15 is 0 Å². The minimum absolute atomic E-state index is 0. The standard InChI is InChI=1S/C8H10.2C2H4O2.2H3N/c1-7-4-3-5-8(2)6-7;2*1-2(3)4;;/h3-6H,1-2H3;2*1H3,(H,3,4);2*1H3. The first-order chi connectivity index (χ1) is 7.25. The van der Waals surface area contributed by atoms with Crippen LogP contribution >= 0.6 is 0 Å². The fourth-order valence-corrected chi connectivity index (χ4v) is 0.807. The van der Waals surface area contributed by atoms with E-state index in [-0.39, 0.29) is 12.3 Å². The molecule has 0 aromatic heterocycles. The Balaban J connectivity index is -0.0000000860. The predicted octanol–water partition coefficient (Wildman–Crippen LogP) is 2.81. The first-order valence-electron chi connectivity index (χ1n) is 4.68. The summed E-state index contributed by atoms with van der Waals surface area (Å²) < 4.78 is 0. The fraction of sp³-hybridized carbons (Fsp3) is 0.333. The van der Waals surface area contributed by atoms with Crippen LogP contribution in [0.25, 0.3) is 0 Å². The van der Waals surface area contributed by atoms with Crippen molar-refractivity contribution in [2.45, 2.75) is 27.7 Å². The lowest BCUT2D eigenvalue weighted by Crippen LogP contribution is -1.78. The van der Waals surface area contributed by atoms with Gasteiger partial charge in [-0.2, -0.15) is 0 Å². The van der Waals surface area contributed by atoms with E-state index in [1.54, 1.807) is 0 Å². The van der Waals surface area contributed by atoms with E-state index in [0.717, 1.165) is 13.8 Å². The molecule has 0 aliphatic heterocycles. The summed E-state index contributed by atoms with van der Waals surface area (Å²) in [6, 6.07) is 8.45. The summed E-state index contributed by atoms with van der Waals surface area (Å²) in [5.74, 6) is -1.67. The van der Waals surface area contributed by atoms with Crippen LogP contribution in [0.15, 0.2) is 24.3 Å². The molecule has 18 heavy (non-hydrogen) atoms. The molecule has 0 atom stereocenters. The molecule has 0 heterocycles. The monoisotopic (exact) mass is 260 g/mol. The normalized spacial score (nSPS) is 6.89. The molecule has 0 amide bonds. The van der Waals surface area contributed by atoms with Gasteiger partial charge >= 0.3 is 0 Å². The van der Waals surface area contributed by atoms with E-state index in [2.05, 4.69) is 38.1 Å². The van der Waals surface area contributed by atoms with Gasteiger partial charge in [-0.1, -0.05) is 35.4 Å². The fourth-order valence-electron chi connectivity index (χ4n) is 0.807. The Kier molecular flexibility index (Phi) is 21.0. The van der Waals surface area contributed by atoms with Gasteiger partial charge in [-0.25, -0.2) is 0 Å². The molecule has 0 aliphatic carbocycles. The number of benzene rings is 1. The molecular weight excluding hydrogens is 236 g/mol. The molecule has 106 valence electrons. The van der Waals surface area contributed by atoms with Crippen molar-refractivity contribution in [2.75, 3.05) is 0 Å². The summed E-state index contributed by atoms with van der Waals surface area (Å²) in [5, 5.41) is 14.8. The van der Waals surface area contributed by atoms with Crippen LogP contribution in [0.1, 0.15) is 25.0 Å². The molecular formula is C12H24N2O4. The summed E-state index contributed by atoms with van der Waals surface area (Å²) in [6.07, 6.45) is 0. The number of hydrogen-bond acceptors (Lipinski definition) is 4. The van der Waals surface area contributed by atoms with Crippen molar-refractivity contribution in [3.8, 4) is 0 Å². The van der Waals surface area contributed by atoms with Gasteiger partial charge in [0.15, 0.2) is 0 Å². The first kappa shape index (κ1) is 25.1. The summed E-state index contributed by atoms with van der Waals surface area (Å²) in [7, 11) is 0. The van der Waals surface area contributed by atoms with Crippen LogP contribution in [0.2, 0.25) is 0 Å². The molecule has 0 unspecified atom stereocenters. The summed E-state index contributed by atoms with van der Waals surface area (Å²) in [4.78, 5) is 18.0. The van der Waals surface area contributed by atoms with E-state index in [9.17, 15) is 0 Å². The van der Waals surface area contributed by atoms with Crippen LogP contribution in [0.3, 0.4) is 0 Å². The topological polar surface area (TPSA) is 145 Å². The van der Waals surface area contributed by atoms with Crippen LogP contribution in [0, 0.1) is 13.8 Å². The maximum absolute atomic E-state index is 9.00. The number of hydrogen-bond donors (Lipinski definition) is 4. The van der Waals surface area contributed by atoms with E-state index in [0.29, 0.717) is 0 Å². The molecule has 0 bridgehead atoms. The van der Waals surface area contributed by atoms with Crippen molar-refractivity contribution < 1.29 is 19.8 Å². The minimum Gasteiger partial charge on any atom is -0.481 e. The second kappa shape index (κ2) is 15.1. The molecule has 0 spiro atoms. The molecule has 6 heteroatoms. The number of carboxylic acid groups (broad SMARTS) is 2. The second-order valence-electron chi connectivity index (χ2n) is 3.20. The number of aryl methyl sites for hydroxylation is 2. The predicted molar refractivity (Wildman–Crippen MR) is 72.6 cm³/mol. The Hall–Kier alpha value is -1.92. The average Bonchev–Trinajstić information content (AvgIpc) is 2.00. The van der Waals surface area contributed by atoms with Gasteiger partial charge in [-0.05, 0) is 13.8 Å². The van der Waals surface area contributed by atoms with Gasteiger partial charge in [-0.15, -0.1) is 0 Å². The van der Waals surface area contributed by atoms with Gasteiger partial charge in [-0.3, -0.25) is 9.59 Å². The van der Waals surface area contributed by atoms with Gasteiger partial charge in [0.25, 0.3) is 11.9 Å². The molecule has 0 radical (unpaired) electrons. The maximum Gasteiger partial charge on any atom is 0.300 e. The molecule has 1 aromatic carbocycles. The molecule has 6 nitrogen and oxygen atoms in total. The highest BCUT2D eigenvalue weighted by molar-refractivity contribution is 5.63. The Bertz CT molecular complexity index is 303. The molecule has 8 N–H and O–H groups in total. The van der Waals surface area contributed by atoms with Gasteiger partial charge < -0.3 is 22.5 Å². The highest BCUT2D eigenvalue weighted by Gasteiger charge is 1.80. The van der Waals surface area contributed by atoms with E-state index < -0.39 is 11.9 Å². The largest absolute Gasteiger partial charge is 0.481 e. The number of carbonyl (C=O) groups is 2. The van der Waals surface area contributed by atoms with Crippen LogP contribution in [0.5, 0.6) is 0 Å². The van der Waals surface area contributed by atoms with Crippen LogP contribution in [0.4, 0.5) is 0 Å². The molecule has 1 rings (SSSR count). The van der Waals surface area contributed by atoms with E-state index in [1.807, 2.05) is 0 Å². The highest BCUT2D eigenvalue weighted by atomic mass is 16.4. The zero-order valence-corrected chi connectivity index (χ0v) is 11.4. The average molecular weight is 260 g/mol. The van der Waals surface area contributed by atoms with Gasteiger partial charge in [0, 0.05) is 13.8 Å². The van der Waals surface area contributed by atoms with Crippen molar-refractivity contribution in [3.05, 3.63) is 35.4 Å². The quantitative estimate of drug-likeness (QED) is 0.564. The van der Waals surface area contributed by atoms with Crippen LogP contribution < -0.4 is 12.3 Å². The van der Waals surface area contributed by atoms with Crippen LogP contribution in [-0.4, -0.2) is 22.2 Å². The summed E-state index contributed by atoms with van der Waals surface area (Å²) in [6.45, 7) is 6.38. The maximum atomic E-state index is 9.00. The van der Waals surface area contributed by atoms with Gasteiger partial charge in [0.2, 0.25) is 0 Å². The van der Waals surface area contributed by atoms with Crippen molar-refractivity contribution in [1.29, 1.82) is 0 Å². The van der Waals surface area contributed by atoms with Gasteiger partial charge in [0.05, 0.1) is 0 Å². The first-order valence-corrected chi connectivity index (χ1v) is 4.68. The van der Waals surface area contributed by atoms with E-state index in [1.165, 1.54) is 11.1 Å². The highest BCUT2D eigenvalue weighted by Crippen LogP contribution is 2.00. The lowest BCUT2D eigenvalue weighted by atomic mass is 10.2. The van der Waals surface area contributed by atoms with Crippen molar-refractivity contribution in [2.24, 2.45) is 0 Å². The summed E-state index contributed by atoms with van der Waals surface area (Å²) in [5.41, 5.74) is 2.68. The Morgan fingerprint density at radius 2 is 1.11 bits per heavy atom. The lowest BCUT2D eigenvalue weighted by molar-refractivity contribution is -0.135. The molecule has 0 aliphatic rings. The molecule has 1 aromatic rings. The third-order valence-electron chi connectivity index (χ3n) is 1.17. The Morgan fingerprint density at radius 3 is 1.22 bits per heavy atom. The van der Waals surface area contributed by atoms with Gasteiger partial charge in [0.1, 0.15) is 0 Å². The molecule has 0 fully saturated rings. The third kappa shape index (κ3) is 36.9. The Morgan fingerprint density at radius 1 is 0.889 bits per heavy atom. The lowest BCUT2D eigenvalue weighted by Gasteiger charge is -1.90. The second-order valence-corrected chi connectivity index (χ2v) is 3.20. The number of carboxylic acids is 2. The number of aliphatic carboxylic acids is 2. The SMILES string of the molecule is CC(=O)O.CC(=O)O.Cc1cccc(C)c1.N.N. The van der Waals surface area contributed by atoms with Crippen molar-refractivity contribution in [3.63, 3.8) is 0 Å². The zero-order chi connectivity index (χ0) is 13.1. The van der Waals surface area contributed by atoms with E-state index in [4.69, 9.17) is 19.8 Å². The smallest absolute Gasteiger partial charge is 0.300 e.